The normalized spacial score (nSPS) is 10.6. The predicted molar refractivity (Wildman–Crippen MR) is 112 cm³/mol. The fourth-order valence-corrected chi connectivity index (χ4v) is 3.47. The first-order chi connectivity index (χ1) is 14.6. The molecular weight excluding hydrogens is 386 g/mol. The van der Waals surface area contributed by atoms with Gasteiger partial charge in [-0.05, 0) is 34.9 Å². The van der Waals surface area contributed by atoms with Gasteiger partial charge < -0.3 is 19.2 Å². The van der Waals surface area contributed by atoms with E-state index in [9.17, 15) is 4.79 Å². The first-order valence-electron chi connectivity index (χ1n) is 8.92. The summed E-state index contributed by atoms with van der Waals surface area (Å²) in [4.78, 5) is 22.8. The third kappa shape index (κ3) is 3.03. The van der Waals surface area contributed by atoms with Gasteiger partial charge in [0, 0.05) is 26.8 Å². The zero-order valence-corrected chi connectivity index (χ0v) is 16.5. The number of aromatic nitrogens is 2. The van der Waals surface area contributed by atoms with Crippen LogP contribution in [-0.2, 0) is 0 Å². The van der Waals surface area contributed by atoms with Crippen LogP contribution in [0, 0.1) is 0 Å². The zero-order valence-electron chi connectivity index (χ0n) is 16.5. The van der Waals surface area contributed by atoms with Gasteiger partial charge >= 0.3 is 0 Å². The Morgan fingerprint density at radius 1 is 1.03 bits per heavy atom. The summed E-state index contributed by atoms with van der Waals surface area (Å²) >= 11 is 0. The number of para-hydroxylation sites is 1. The minimum Gasteiger partial charge on any atom is -0.493 e. The van der Waals surface area contributed by atoms with Crippen molar-refractivity contribution < 1.29 is 19.0 Å². The van der Waals surface area contributed by atoms with E-state index in [-0.39, 0.29) is 5.69 Å². The van der Waals surface area contributed by atoms with Gasteiger partial charge in [-0.15, -0.1) is 0 Å². The summed E-state index contributed by atoms with van der Waals surface area (Å²) in [7, 11) is 4.57. The van der Waals surface area contributed by atoms with E-state index in [1.807, 2.05) is 24.3 Å². The molecule has 9 heteroatoms. The largest absolute Gasteiger partial charge is 0.493 e. The molecule has 0 radical (unpaired) electrons. The lowest BCUT2D eigenvalue weighted by molar-refractivity contribution is 0.0996. The van der Waals surface area contributed by atoms with E-state index in [1.165, 1.54) is 21.3 Å². The summed E-state index contributed by atoms with van der Waals surface area (Å²) in [5.41, 5.74) is 11.4. The number of fused-ring (bicyclic) bond motifs is 3. The Morgan fingerprint density at radius 2 is 1.73 bits per heavy atom. The summed E-state index contributed by atoms with van der Waals surface area (Å²) in [6.07, 6.45) is 0. The minimum absolute atomic E-state index is 0.0359. The van der Waals surface area contributed by atoms with Crippen molar-refractivity contribution in [2.24, 2.45) is 5.11 Å². The van der Waals surface area contributed by atoms with Crippen LogP contribution in [0.15, 0.2) is 47.6 Å². The van der Waals surface area contributed by atoms with E-state index in [0.29, 0.717) is 28.5 Å². The lowest BCUT2D eigenvalue weighted by Crippen LogP contribution is -2.01. The Bertz CT molecular complexity index is 1310. The van der Waals surface area contributed by atoms with Crippen LogP contribution < -0.4 is 14.2 Å². The fraction of sp³-hybridized carbons (Fsp3) is 0.143. The third-order valence-electron chi connectivity index (χ3n) is 4.79. The van der Waals surface area contributed by atoms with E-state index in [2.05, 4.69) is 20.0 Å². The van der Waals surface area contributed by atoms with E-state index >= 15 is 0 Å². The van der Waals surface area contributed by atoms with Gasteiger partial charge in [-0.3, -0.25) is 4.79 Å². The number of ether oxygens (including phenoxy) is 3. The Balaban J connectivity index is 2.09. The number of nitrogens with zero attached hydrogens (tertiary/aromatic N) is 4. The van der Waals surface area contributed by atoms with Gasteiger partial charge in [0.2, 0.25) is 5.75 Å². The summed E-state index contributed by atoms with van der Waals surface area (Å²) in [5, 5.41) is 4.89. The SMILES string of the molecule is COc1cc(-c2nc(C(=O)N=[N+]=[N-])cc3c2[nH]c2ccccc23)cc(OC)c1OC. The number of H-pyrrole nitrogens is 1. The smallest absolute Gasteiger partial charge is 0.267 e. The van der Waals surface area contributed by atoms with E-state index in [1.54, 1.807) is 18.2 Å². The molecule has 0 aliphatic carbocycles. The van der Waals surface area contributed by atoms with Crippen LogP contribution in [0.1, 0.15) is 10.5 Å². The zero-order chi connectivity index (χ0) is 21.3. The fourth-order valence-electron chi connectivity index (χ4n) is 3.47. The van der Waals surface area contributed by atoms with Crippen molar-refractivity contribution in [2.75, 3.05) is 21.3 Å². The number of hydrogen-bond donors (Lipinski definition) is 1. The molecule has 2 aromatic carbocycles. The number of carbonyl (C=O) groups is 1. The molecule has 0 aliphatic heterocycles. The monoisotopic (exact) mass is 403 g/mol. The molecule has 0 unspecified atom stereocenters. The maximum Gasteiger partial charge on any atom is 0.267 e. The number of methoxy groups -OCH3 is 3. The van der Waals surface area contributed by atoms with E-state index < -0.39 is 5.91 Å². The summed E-state index contributed by atoms with van der Waals surface area (Å²) in [5.74, 6) is 0.575. The Morgan fingerprint density at radius 3 is 2.37 bits per heavy atom. The maximum atomic E-state index is 12.3. The van der Waals surface area contributed by atoms with Crippen molar-refractivity contribution in [3.8, 4) is 28.5 Å². The van der Waals surface area contributed by atoms with Crippen molar-refractivity contribution in [1.29, 1.82) is 0 Å². The summed E-state index contributed by atoms with van der Waals surface area (Å²) < 4.78 is 16.3. The van der Waals surface area contributed by atoms with Crippen molar-refractivity contribution in [1.82, 2.24) is 9.97 Å². The van der Waals surface area contributed by atoms with Gasteiger partial charge in [-0.2, -0.15) is 0 Å². The number of nitrogens with one attached hydrogen (secondary N) is 1. The quantitative estimate of drug-likeness (QED) is 0.290. The van der Waals surface area contributed by atoms with Gasteiger partial charge in [-0.25, -0.2) is 4.98 Å². The van der Waals surface area contributed by atoms with Crippen LogP contribution in [0.25, 0.3) is 43.5 Å². The number of rotatable bonds is 5. The number of carbonyl (C=O) groups excluding carboxylic acids is 1. The van der Waals surface area contributed by atoms with Crippen LogP contribution in [0.4, 0.5) is 0 Å². The van der Waals surface area contributed by atoms with Crippen LogP contribution in [0.5, 0.6) is 17.2 Å². The average Bonchev–Trinajstić information content (AvgIpc) is 3.16. The lowest BCUT2D eigenvalue weighted by atomic mass is 10.0. The molecule has 9 nitrogen and oxygen atoms in total. The average molecular weight is 403 g/mol. The van der Waals surface area contributed by atoms with Gasteiger partial charge in [0.25, 0.3) is 5.91 Å². The number of pyridine rings is 1. The Kier molecular flexibility index (Phi) is 4.87. The van der Waals surface area contributed by atoms with Crippen molar-refractivity contribution >= 4 is 27.7 Å². The topological polar surface area (TPSA) is 122 Å². The highest BCUT2D eigenvalue weighted by molar-refractivity contribution is 6.13. The number of benzene rings is 2. The molecule has 0 saturated heterocycles. The molecule has 2 heterocycles. The standard InChI is InChI=1S/C21H17N5O4/c1-28-16-8-11(9-17(29-2)20(16)30-3)18-19-13(10-15(24-18)21(27)25-26-22)12-6-4-5-7-14(12)23-19/h4-10,23H,1-3H3. The summed E-state index contributed by atoms with van der Waals surface area (Å²) in [6, 6.07) is 12.8. The Hall–Kier alpha value is -4.23. The number of amides is 1. The lowest BCUT2D eigenvalue weighted by Gasteiger charge is -2.14. The minimum atomic E-state index is -0.765. The maximum absolute atomic E-state index is 12.3. The molecule has 0 fully saturated rings. The highest BCUT2D eigenvalue weighted by Crippen LogP contribution is 2.42. The molecule has 4 rings (SSSR count). The predicted octanol–water partition coefficient (Wildman–Crippen LogP) is 4.86. The molecule has 150 valence electrons. The molecule has 0 saturated carbocycles. The molecule has 30 heavy (non-hydrogen) atoms. The van der Waals surface area contributed by atoms with Crippen LogP contribution in [-0.4, -0.2) is 37.2 Å². The second-order valence-corrected chi connectivity index (χ2v) is 6.36. The van der Waals surface area contributed by atoms with Gasteiger partial charge in [0.1, 0.15) is 5.69 Å². The van der Waals surface area contributed by atoms with Crippen molar-refractivity contribution in [2.45, 2.75) is 0 Å². The molecule has 4 aromatic rings. The molecule has 1 amide bonds. The molecule has 1 N–H and O–H groups in total. The first-order valence-corrected chi connectivity index (χ1v) is 8.92. The molecular formula is C21H17N5O4. The van der Waals surface area contributed by atoms with Crippen LogP contribution in [0.2, 0.25) is 0 Å². The molecule has 0 bridgehead atoms. The van der Waals surface area contributed by atoms with Gasteiger partial charge in [0.15, 0.2) is 11.5 Å². The molecule has 0 aliphatic rings. The van der Waals surface area contributed by atoms with Crippen LogP contribution in [0.3, 0.4) is 0 Å². The van der Waals surface area contributed by atoms with E-state index in [0.717, 1.165) is 21.8 Å². The van der Waals surface area contributed by atoms with Gasteiger partial charge in [0.05, 0.1) is 32.5 Å². The second kappa shape index (κ2) is 7.65. The second-order valence-electron chi connectivity index (χ2n) is 6.36. The first kappa shape index (κ1) is 19.1. The molecule has 0 spiro atoms. The van der Waals surface area contributed by atoms with Gasteiger partial charge in [-0.1, -0.05) is 18.2 Å². The molecule has 2 aromatic heterocycles. The Labute approximate surface area is 170 Å². The number of hydrogen-bond acceptors (Lipinski definition) is 5. The van der Waals surface area contributed by atoms with Crippen LogP contribution >= 0.6 is 0 Å². The third-order valence-corrected chi connectivity index (χ3v) is 4.79. The van der Waals surface area contributed by atoms with E-state index in [4.69, 9.17) is 19.7 Å². The highest BCUT2D eigenvalue weighted by atomic mass is 16.5. The van der Waals surface area contributed by atoms with Crippen molar-refractivity contribution in [3.63, 3.8) is 0 Å². The number of azide groups is 1. The summed E-state index contributed by atoms with van der Waals surface area (Å²) in [6.45, 7) is 0. The van der Waals surface area contributed by atoms with Crippen molar-refractivity contribution in [3.05, 3.63) is 58.6 Å². The highest BCUT2D eigenvalue weighted by Gasteiger charge is 2.20. The molecule has 0 atom stereocenters. The number of aromatic amines is 1.